The highest BCUT2D eigenvalue weighted by Crippen LogP contribution is 2.14. The van der Waals surface area contributed by atoms with Gasteiger partial charge in [0.2, 0.25) is 0 Å². The topological polar surface area (TPSA) is 66.8 Å². The lowest BCUT2D eigenvalue weighted by Crippen LogP contribution is -2.41. The molecule has 0 saturated heterocycles. The number of carboxylic acids is 1. The molecule has 1 atom stereocenters. The molecule has 19 heavy (non-hydrogen) atoms. The number of nitrogens with zero attached hydrogens (tertiary/aromatic N) is 1. The van der Waals surface area contributed by atoms with Crippen molar-refractivity contribution >= 4 is 27.8 Å². The van der Waals surface area contributed by atoms with Gasteiger partial charge in [-0.3, -0.25) is 9.59 Å². The van der Waals surface area contributed by atoms with Gasteiger partial charge < -0.3 is 14.7 Å². The van der Waals surface area contributed by atoms with Crippen LogP contribution in [-0.4, -0.2) is 41.6 Å². The van der Waals surface area contributed by atoms with Gasteiger partial charge in [0.15, 0.2) is 0 Å². The average Bonchev–Trinajstić information content (AvgIpc) is 2.35. The van der Waals surface area contributed by atoms with Crippen LogP contribution in [0.5, 0.6) is 0 Å². The summed E-state index contributed by atoms with van der Waals surface area (Å²) in [5, 5.41) is 8.88. The van der Waals surface area contributed by atoms with Gasteiger partial charge in [-0.05, 0) is 24.6 Å². The number of rotatable bonds is 6. The highest BCUT2D eigenvalue weighted by molar-refractivity contribution is 9.10. The van der Waals surface area contributed by atoms with Gasteiger partial charge in [-0.25, -0.2) is 0 Å². The Labute approximate surface area is 120 Å². The second-order valence-electron chi connectivity index (χ2n) is 4.10. The molecule has 1 rings (SSSR count). The quantitative estimate of drug-likeness (QED) is 0.865. The van der Waals surface area contributed by atoms with E-state index in [1.54, 1.807) is 6.92 Å². The third-order valence-corrected chi connectivity index (χ3v) is 3.09. The molecule has 5 nitrogen and oxygen atoms in total. The molecule has 104 valence electrons. The number of carboxylic acid groups (broad SMARTS) is 1. The second kappa shape index (κ2) is 7.25. The first kappa shape index (κ1) is 15.7. The number of hydrogen-bond donors (Lipinski definition) is 1. The van der Waals surface area contributed by atoms with Crippen LogP contribution in [0.25, 0.3) is 0 Å². The summed E-state index contributed by atoms with van der Waals surface area (Å²) in [6, 6.07) is 7.39. The molecule has 1 aromatic rings. The van der Waals surface area contributed by atoms with Crippen LogP contribution >= 0.6 is 15.9 Å². The van der Waals surface area contributed by atoms with Crippen molar-refractivity contribution in [3.05, 3.63) is 34.3 Å². The van der Waals surface area contributed by atoms with E-state index >= 15 is 0 Å². The van der Waals surface area contributed by atoms with E-state index in [2.05, 4.69) is 15.9 Å². The summed E-state index contributed by atoms with van der Waals surface area (Å²) in [4.78, 5) is 24.1. The number of carbonyl (C=O) groups excluding carboxylic acids is 1. The van der Waals surface area contributed by atoms with Crippen LogP contribution < -0.4 is 0 Å². The molecule has 1 aromatic carbocycles. The molecule has 0 heterocycles. The minimum absolute atomic E-state index is 0.234. The zero-order valence-electron chi connectivity index (χ0n) is 10.8. The SMILES string of the molecule is COC(C)C(=O)N(CC(=O)O)Cc1cccc(Br)c1. The van der Waals surface area contributed by atoms with Crippen molar-refractivity contribution < 1.29 is 19.4 Å². The van der Waals surface area contributed by atoms with Crippen LogP contribution in [0.15, 0.2) is 28.7 Å². The van der Waals surface area contributed by atoms with Gasteiger partial charge in [-0.2, -0.15) is 0 Å². The summed E-state index contributed by atoms with van der Waals surface area (Å²) in [5.74, 6) is -1.39. The van der Waals surface area contributed by atoms with E-state index in [1.807, 2.05) is 24.3 Å². The van der Waals surface area contributed by atoms with Crippen LogP contribution in [-0.2, 0) is 20.9 Å². The fraction of sp³-hybridized carbons (Fsp3) is 0.385. The Kier molecular flexibility index (Phi) is 5.98. The summed E-state index contributed by atoms with van der Waals surface area (Å²) < 4.78 is 5.82. The minimum atomic E-state index is -1.05. The lowest BCUT2D eigenvalue weighted by molar-refractivity contribution is -0.149. The Morgan fingerprint density at radius 3 is 2.68 bits per heavy atom. The van der Waals surface area contributed by atoms with Crippen molar-refractivity contribution in [3.63, 3.8) is 0 Å². The molecule has 6 heteroatoms. The van der Waals surface area contributed by atoms with Crippen molar-refractivity contribution in [2.24, 2.45) is 0 Å². The monoisotopic (exact) mass is 329 g/mol. The first-order valence-corrected chi connectivity index (χ1v) is 6.51. The zero-order valence-corrected chi connectivity index (χ0v) is 12.4. The number of carbonyl (C=O) groups is 2. The Morgan fingerprint density at radius 2 is 2.16 bits per heavy atom. The maximum atomic E-state index is 12.0. The number of halogens is 1. The molecule has 0 saturated carbocycles. The van der Waals surface area contributed by atoms with Crippen LogP contribution in [0, 0.1) is 0 Å². The number of aliphatic carboxylic acids is 1. The first-order chi connectivity index (χ1) is 8.93. The lowest BCUT2D eigenvalue weighted by Gasteiger charge is -2.23. The van der Waals surface area contributed by atoms with Crippen LogP contribution in [0.4, 0.5) is 0 Å². The summed E-state index contributed by atoms with van der Waals surface area (Å²) in [7, 11) is 1.42. The van der Waals surface area contributed by atoms with Gasteiger partial charge in [0.25, 0.3) is 5.91 Å². The molecular weight excluding hydrogens is 314 g/mol. The molecule has 0 spiro atoms. The van der Waals surface area contributed by atoms with Crippen molar-refractivity contribution in [1.29, 1.82) is 0 Å². The fourth-order valence-electron chi connectivity index (χ4n) is 1.59. The number of methoxy groups -OCH3 is 1. The Morgan fingerprint density at radius 1 is 1.47 bits per heavy atom. The predicted molar refractivity (Wildman–Crippen MR) is 73.7 cm³/mol. The van der Waals surface area contributed by atoms with Gasteiger partial charge in [0.1, 0.15) is 12.6 Å². The van der Waals surface area contributed by atoms with Gasteiger partial charge in [0.05, 0.1) is 0 Å². The predicted octanol–water partition coefficient (Wildman–Crippen LogP) is 1.90. The van der Waals surface area contributed by atoms with Crippen LogP contribution in [0.3, 0.4) is 0 Å². The van der Waals surface area contributed by atoms with Gasteiger partial charge >= 0.3 is 5.97 Å². The molecule has 0 aromatic heterocycles. The van der Waals surface area contributed by atoms with E-state index in [4.69, 9.17) is 9.84 Å². The first-order valence-electron chi connectivity index (χ1n) is 5.72. The van der Waals surface area contributed by atoms with E-state index in [-0.39, 0.29) is 19.0 Å². The number of ether oxygens (including phenoxy) is 1. The molecule has 1 N–H and O–H groups in total. The Bertz CT molecular complexity index is 464. The third kappa shape index (κ3) is 5.00. The van der Waals surface area contributed by atoms with Crippen molar-refractivity contribution in [1.82, 2.24) is 4.90 Å². The number of benzene rings is 1. The zero-order chi connectivity index (χ0) is 14.4. The van der Waals surface area contributed by atoms with Crippen molar-refractivity contribution in [3.8, 4) is 0 Å². The molecule has 0 aliphatic heterocycles. The molecule has 1 unspecified atom stereocenters. The van der Waals surface area contributed by atoms with Gasteiger partial charge in [-0.1, -0.05) is 28.1 Å². The normalized spacial score (nSPS) is 11.9. The largest absolute Gasteiger partial charge is 0.480 e. The highest BCUT2D eigenvalue weighted by atomic mass is 79.9. The molecule has 0 radical (unpaired) electrons. The summed E-state index contributed by atoms with van der Waals surface area (Å²) in [5.41, 5.74) is 0.854. The third-order valence-electron chi connectivity index (χ3n) is 2.60. The molecule has 0 bridgehead atoms. The van der Waals surface area contributed by atoms with E-state index in [9.17, 15) is 9.59 Å². The maximum absolute atomic E-state index is 12.0. The highest BCUT2D eigenvalue weighted by Gasteiger charge is 2.22. The Balaban J connectivity index is 2.85. The molecule has 0 fully saturated rings. The lowest BCUT2D eigenvalue weighted by atomic mass is 10.2. The Hall–Kier alpha value is -1.40. The average molecular weight is 330 g/mol. The van der Waals surface area contributed by atoms with Gasteiger partial charge in [-0.15, -0.1) is 0 Å². The van der Waals surface area contributed by atoms with E-state index < -0.39 is 12.1 Å². The maximum Gasteiger partial charge on any atom is 0.323 e. The number of hydrogen-bond acceptors (Lipinski definition) is 3. The van der Waals surface area contributed by atoms with E-state index in [0.717, 1.165) is 10.0 Å². The standard InChI is InChI=1S/C13H16BrNO4/c1-9(19-2)13(18)15(8-12(16)17)7-10-4-3-5-11(14)6-10/h3-6,9H,7-8H2,1-2H3,(H,16,17). The fourth-order valence-corrected chi connectivity index (χ4v) is 2.04. The van der Waals surface area contributed by atoms with Crippen LogP contribution in [0.2, 0.25) is 0 Å². The molecule has 0 aliphatic rings. The molecule has 1 amide bonds. The van der Waals surface area contributed by atoms with Crippen molar-refractivity contribution in [2.75, 3.05) is 13.7 Å². The van der Waals surface area contributed by atoms with Crippen molar-refractivity contribution in [2.45, 2.75) is 19.6 Å². The minimum Gasteiger partial charge on any atom is -0.480 e. The molecule has 0 aliphatic carbocycles. The van der Waals surface area contributed by atoms with E-state index in [1.165, 1.54) is 12.0 Å². The number of amides is 1. The van der Waals surface area contributed by atoms with Gasteiger partial charge in [0, 0.05) is 18.1 Å². The molecular formula is C13H16BrNO4. The second-order valence-corrected chi connectivity index (χ2v) is 5.01. The van der Waals surface area contributed by atoms with E-state index in [0.29, 0.717) is 0 Å². The smallest absolute Gasteiger partial charge is 0.323 e. The van der Waals surface area contributed by atoms with Crippen LogP contribution in [0.1, 0.15) is 12.5 Å². The summed E-state index contributed by atoms with van der Waals surface area (Å²) in [6.45, 7) is 1.48. The summed E-state index contributed by atoms with van der Waals surface area (Å²) >= 11 is 3.34. The summed E-state index contributed by atoms with van der Waals surface area (Å²) in [6.07, 6.45) is -0.661.